The summed E-state index contributed by atoms with van der Waals surface area (Å²) in [6, 6.07) is 0. The number of nitrogens with zero attached hydrogens (tertiary/aromatic N) is 3. The predicted molar refractivity (Wildman–Crippen MR) is 102 cm³/mol. The van der Waals surface area contributed by atoms with Crippen molar-refractivity contribution < 1.29 is 4.74 Å². The Labute approximate surface area is 148 Å². The van der Waals surface area contributed by atoms with Crippen LogP contribution >= 0.6 is 0 Å². The summed E-state index contributed by atoms with van der Waals surface area (Å²) in [6.45, 7) is 12.7. The van der Waals surface area contributed by atoms with Gasteiger partial charge in [-0.25, -0.2) is 0 Å². The fraction of sp³-hybridized carbons (Fsp3) is 0.947. The van der Waals surface area contributed by atoms with Crippen LogP contribution in [0.5, 0.6) is 0 Å². The summed E-state index contributed by atoms with van der Waals surface area (Å²) < 4.78 is 5.74. The van der Waals surface area contributed by atoms with Crippen molar-refractivity contribution in [3.05, 3.63) is 0 Å². The Balaban J connectivity index is 1.62. The second-order valence-corrected chi connectivity index (χ2v) is 7.58. The molecular weight excluding hydrogens is 300 g/mol. The number of aliphatic imine (C=N–C) groups is 1. The molecular formula is C19H38N4O. The first-order valence-corrected chi connectivity index (χ1v) is 9.98. The van der Waals surface area contributed by atoms with Crippen molar-refractivity contribution in [1.82, 2.24) is 15.1 Å². The van der Waals surface area contributed by atoms with Crippen molar-refractivity contribution in [2.24, 2.45) is 16.8 Å². The molecule has 0 amide bonds. The van der Waals surface area contributed by atoms with E-state index in [4.69, 9.17) is 9.73 Å². The number of nitrogens with one attached hydrogen (secondary N) is 1. The molecule has 1 unspecified atom stereocenters. The lowest BCUT2D eigenvalue weighted by molar-refractivity contribution is 0.115. The monoisotopic (exact) mass is 338 g/mol. The second kappa shape index (κ2) is 10.9. The van der Waals surface area contributed by atoms with Crippen LogP contribution in [-0.2, 0) is 4.74 Å². The normalized spacial score (nSPS) is 22.6. The summed E-state index contributed by atoms with van der Waals surface area (Å²) in [4.78, 5) is 9.59. The third-order valence-electron chi connectivity index (χ3n) is 4.95. The van der Waals surface area contributed by atoms with Gasteiger partial charge in [0.05, 0.1) is 6.61 Å². The van der Waals surface area contributed by atoms with Crippen molar-refractivity contribution in [1.29, 1.82) is 0 Å². The van der Waals surface area contributed by atoms with Crippen molar-refractivity contribution in [3.63, 3.8) is 0 Å². The van der Waals surface area contributed by atoms with Gasteiger partial charge < -0.3 is 19.9 Å². The van der Waals surface area contributed by atoms with Crippen LogP contribution in [0.25, 0.3) is 0 Å². The number of ether oxygens (including phenoxy) is 1. The molecule has 0 spiro atoms. The molecule has 1 saturated carbocycles. The van der Waals surface area contributed by atoms with E-state index in [0.717, 1.165) is 57.1 Å². The maximum absolute atomic E-state index is 5.74. The smallest absolute Gasteiger partial charge is 0.193 e. The summed E-state index contributed by atoms with van der Waals surface area (Å²) >= 11 is 0. The zero-order chi connectivity index (χ0) is 17.2. The molecule has 2 rings (SSSR count). The Kier molecular flexibility index (Phi) is 8.89. The van der Waals surface area contributed by atoms with E-state index in [1.807, 2.05) is 0 Å². The van der Waals surface area contributed by atoms with E-state index in [9.17, 15) is 0 Å². The highest BCUT2D eigenvalue weighted by Gasteiger charge is 2.21. The first kappa shape index (κ1) is 19.5. The predicted octanol–water partition coefficient (Wildman–Crippen LogP) is 2.43. The molecule has 2 aliphatic rings. The molecule has 1 aliphatic carbocycles. The van der Waals surface area contributed by atoms with E-state index >= 15 is 0 Å². The van der Waals surface area contributed by atoms with Crippen LogP contribution in [0.4, 0.5) is 0 Å². The Morgan fingerprint density at radius 3 is 2.88 bits per heavy atom. The van der Waals surface area contributed by atoms with Gasteiger partial charge in [-0.15, -0.1) is 0 Å². The van der Waals surface area contributed by atoms with Crippen LogP contribution in [-0.4, -0.2) is 75.3 Å². The van der Waals surface area contributed by atoms with Gasteiger partial charge in [0.1, 0.15) is 0 Å². The molecule has 2 fully saturated rings. The fourth-order valence-corrected chi connectivity index (χ4v) is 3.28. The van der Waals surface area contributed by atoms with Gasteiger partial charge >= 0.3 is 0 Å². The third kappa shape index (κ3) is 7.84. The highest BCUT2D eigenvalue weighted by molar-refractivity contribution is 5.79. The molecule has 5 heteroatoms. The van der Waals surface area contributed by atoms with Crippen molar-refractivity contribution in [2.75, 3.05) is 59.5 Å². The summed E-state index contributed by atoms with van der Waals surface area (Å²) in [7, 11) is 2.11. The van der Waals surface area contributed by atoms with Crippen LogP contribution < -0.4 is 5.32 Å². The molecule has 1 aliphatic heterocycles. The van der Waals surface area contributed by atoms with Gasteiger partial charge in [-0.1, -0.05) is 6.92 Å². The number of likely N-dealkylation sites (tertiary alicyclic amines) is 1. The summed E-state index contributed by atoms with van der Waals surface area (Å²) in [6.07, 6.45) is 6.61. The fourth-order valence-electron chi connectivity index (χ4n) is 3.28. The Hall–Kier alpha value is -0.810. The average molecular weight is 339 g/mol. The van der Waals surface area contributed by atoms with Gasteiger partial charge in [0.25, 0.3) is 0 Å². The number of piperidine rings is 1. The average Bonchev–Trinajstić information content (AvgIpc) is 3.38. The Bertz CT molecular complexity index is 370. The Morgan fingerprint density at radius 2 is 2.17 bits per heavy atom. The van der Waals surface area contributed by atoms with Crippen LogP contribution in [0.2, 0.25) is 0 Å². The highest BCUT2D eigenvalue weighted by atomic mass is 16.5. The zero-order valence-electron chi connectivity index (χ0n) is 16.1. The molecule has 0 bridgehead atoms. The molecule has 24 heavy (non-hydrogen) atoms. The molecule has 1 N–H and O–H groups in total. The molecule has 0 aromatic rings. The molecule has 0 aromatic carbocycles. The lowest BCUT2D eigenvalue weighted by Crippen LogP contribution is -2.41. The van der Waals surface area contributed by atoms with Crippen LogP contribution in [0, 0.1) is 11.8 Å². The van der Waals surface area contributed by atoms with E-state index in [-0.39, 0.29) is 0 Å². The van der Waals surface area contributed by atoms with Crippen molar-refractivity contribution in [2.45, 2.75) is 46.0 Å². The van der Waals surface area contributed by atoms with Crippen LogP contribution in [0.15, 0.2) is 4.99 Å². The maximum Gasteiger partial charge on any atom is 0.193 e. The van der Waals surface area contributed by atoms with Crippen LogP contribution in [0.1, 0.15) is 46.0 Å². The molecule has 140 valence electrons. The minimum atomic E-state index is 0.795. The lowest BCUT2D eigenvalue weighted by atomic mass is 10.0. The molecule has 5 nitrogen and oxygen atoms in total. The van der Waals surface area contributed by atoms with Gasteiger partial charge in [0, 0.05) is 39.8 Å². The van der Waals surface area contributed by atoms with E-state index in [1.54, 1.807) is 0 Å². The van der Waals surface area contributed by atoms with Gasteiger partial charge in [-0.05, 0) is 64.0 Å². The van der Waals surface area contributed by atoms with E-state index in [0.29, 0.717) is 0 Å². The van der Waals surface area contributed by atoms with E-state index in [1.165, 1.54) is 45.3 Å². The highest BCUT2D eigenvalue weighted by Crippen LogP contribution is 2.28. The first-order chi connectivity index (χ1) is 11.7. The number of likely N-dealkylation sites (N-methyl/N-ethyl adjacent to an activating group) is 1. The second-order valence-electron chi connectivity index (χ2n) is 7.58. The quantitative estimate of drug-likeness (QED) is 0.377. The summed E-state index contributed by atoms with van der Waals surface area (Å²) in [5.41, 5.74) is 0. The summed E-state index contributed by atoms with van der Waals surface area (Å²) in [5, 5.41) is 3.40. The van der Waals surface area contributed by atoms with Crippen molar-refractivity contribution >= 4 is 5.96 Å². The molecule has 1 saturated heterocycles. The van der Waals surface area contributed by atoms with Gasteiger partial charge in [-0.3, -0.25) is 4.99 Å². The first-order valence-electron chi connectivity index (χ1n) is 9.98. The largest absolute Gasteiger partial charge is 0.379 e. The number of hydrogen-bond donors (Lipinski definition) is 1. The zero-order valence-corrected chi connectivity index (χ0v) is 16.1. The molecule has 1 atom stereocenters. The van der Waals surface area contributed by atoms with Gasteiger partial charge in [-0.2, -0.15) is 0 Å². The van der Waals surface area contributed by atoms with Gasteiger partial charge in [0.15, 0.2) is 5.96 Å². The van der Waals surface area contributed by atoms with Gasteiger partial charge in [0.2, 0.25) is 0 Å². The topological polar surface area (TPSA) is 40.1 Å². The van der Waals surface area contributed by atoms with E-state index < -0.39 is 0 Å². The molecule has 1 heterocycles. The van der Waals surface area contributed by atoms with E-state index in [2.05, 4.69) is 36.0 Å². The SMILES string of the molecule is CCNC(=NCCCN1CCCC(C)C1)N(C)CCOCC1CC1. The minimum Gasteiger partial charge on any atom is -0.379 e. The lowest BCUT2D eigenvalue weighted by Gasteiger charge is -2.30. The minimum absolute atomic E-state index is 0.795. The maximum atomic E-state index is 5.74. The molecule has 0 radical (unpaired) electrons. The molecule has 0 aromatic heterocycles. The number of rotatable bonds is 10. The number of guanidine groups is 1. The third-order valence-corrected chi connectivity index (χ3v) is 4.95. The number of hydrogen-bond acceptors (Lipinski definition) is 3. The van der Waals surface area contributed by atoms with Crippen molar-refractivity contribution in [3.8, 4) is 0 Å². The summed E-state index contributed by atoms with van der Waals surface area (Å²) in [5.74, 6) is 2.72. The van der Waals surface area contributed by atoms with Crippen LogP contribution in [0.3, 0.4) is 0 Å². The Morgan fingerprint density at radius 1 is 1.33 bits per heavy atom. The standard InChI is InChI=1S/C19H38N4O/c1-4-20-19(22(3)13-14-24-16-18-8-9-18)21-10-6-12-23-11-5-7-17(2)15-23/h17-18H,4-16H2,1-3H3,(H,20,21).